The molecule has 1 saturated heterocycles. The number of anilines is 2. The van der Waals surface area contributed by atoms with E-state index >= 15 is 0 Å². The van der Waals surface area contributed by atoms with Crippen LogP contribution in [0.15, 0.2) is 18.2 Å². The number of nitro benzene ring substituents is 1. The molecule has 2 rings (SSSR count). The molecular formula is C11H14N4O3. The molecule has 1 unspecified atom stereocenters. The minimum Gasteiger partial charge on any atom is -0.393 e. The Morgan fingerprint density at radius 2 is 2.28 bits per heavy atom. The van der Waals surface area contributed by atoms with E-state index in [0.717, 1.165) is 0 Å². The fraction of sp³-hybridized carbons (Fsp3) is 0.364. The van der Waals surface area contributed by atoms with Gasteiger partial charge in [-0.05, 0) is 18.6 Å². The monoisotopic (exact) mass is 250 g/mol. The van der Waals surface area contributed by atoms with Crippen LogP contribution in [0.25, 0.3) is 0 Å². The van der Waals surface area contributed by atoms with Crippen LogP contribution in [0, 0.1) is 10.1 Å². The number of nitrogens with zero attached hydrogens (tertiary/aromatic N) is 2. The van der Waals surface area contributed by atoms with Crippen molar-refractivity contribution in [2.45, 2.75) is 12.5 Å². The zero-order chi connectivity index (χ0) is 13.3. The molecule has 0 aromatic heterocycles. The minimum atomic E-state index is -0.534. The van der Waals surface area contributed by atoms with Crippen molar-refractivity contribution in [2.24, 2.45) is 0 Å². The van der Waals surface area contributed by atoms with E-state index in [1.54, 1.807) is 18.0 Å². The Hall–Kier alpha value is -2.31. The molecule has 1 fully saturated rings. The second kappa shape index (κ2) is 4.52. The zero-order valence-corrected chi connectivity index (χ0v) is 9.92. The first-order valence-electron chi connectivity index (χ1n) is 5.54. The summed E-state index contributed by atoms with van der Waals surface area (Å²) < 4.78 is 0. The van der Waals surface area contributed by atoms with Gasteiger partial charge in [0.05, 0.1) is 4.92 Å². The third kappa shape index (κ3) is 2.20. The van der Waals surface area contributed by atoms with Crippen LogP contribution in [0.5, 0.6) is 0 Å². The summed E-state index contributed by atoms with van der Waals surface area (Å²) in [6.07, 6.45) is 0.715. The summed E-state index contributed by atoms with van der Waals surface area (Å²) >= 11 is 0. The highest BCUT2D eigenvalue weighted by atomic mass is 16.6. The number of likely N-dealkylation sites (tertiary alicyclic amines) is 1. The maximum absolute atomic E-state index is 11.7. The molecule has 1 atom stereocenters. The van der Waals surface area contributed by atoms with Crippen LogP contribution >= 0.6 is 0 Å². The molecule has 1 amide bonds. The Bertz CT molecular complexity index is 503. The highest BCUT2D eigenvalue weighted by Crippen LogP contribution is 2.26. The van der Waals surface area contributed by atoms with E-state index in [1.807, 2.05) is 0 Å². The normalized spacial score (nSPS) is 19.1. The SMILES string of the molecule is CN1CCC(Nc2ccc([N+](=O)[O-])c(N)c2)C1=O. The quantitative estimate of drug-likeness (QED) is 0.470. The Kier molecular flexibility index (Phi) is 3.05. The molecule has 0 spiro atoms. The number of nitrogens with one attached hydrogen (secondary N) is 1. The number of hydrogen-bond acceptors (Lipinski definition) is 5. The fourth-order valence-corrected chi connectivity index (χ4v) is 1.97. The van der Waals surface area contributed by atoms with E-state index in [4.69, 9.17) is 5.73 Å². The lowest BCUT2D eigenvalue weighted by Gasteiger charge is -2.13. The molecule has 7 nitrogen and oxygen atoms in total. The standard InChI is InChI=1S/C11H14N4O3/c1-14-5-4-9(11(14)16)13-7-2-3-10(15(17)18)8(12)6-7/h2-3,6,9,13H,4-5,12H2,1H3. The maximum atomic E-state index is 11.7. The van der Waals surface area contributed by atoms with Gasteiger partial charge in [0.25, 0.3) is 5.69 Å². The van der Waals surface area contributed by atoms with Crippen molar-refractivity contribution >= 4 is 23.0 Å². The molecule has 96 valence electrons. The van der Waals surface area contributed by atoms with E-state index in [9.17, 15) is 14.9 Å². The van der Waals surface area contributed by atoms with Gasteiger partial charge in [0, 0.05) is 25.3 Å². The number of rotatable bonds is 3. The highest BCUT2D eigenvalue weighted by Gasteiger charge is 2.28. The highest BCUT2D eigenvalue weighted by molar-refractivity contribution is 5.86. The van der Waals surface area contributed by atoms with Crippen LogP contribution in [-0.2, 0) is 4.79 Å². The Morgan fingerprint density at radius 3 is 2.78 bits per heavy atom. The van der Waals surface area contributed by atoms with Gasteiger partial charge in [0.15, 0.2) is 0 Å². The molecule has 1 aromatic carbocycles. The lowest BCUT2D eigenvalue weighted by atomic mass is 10.2. The van der Waals surface area contributed by atoms with Crippen LogP contribution < -0.4 is 11.1 Å². The minimum absolute atomic E-state index is 0.0203. The van der Waals surface area contributed by atoms with Crippen molar-refractivity contribution in [1.82, 2.24) is 4.90 Å². The van der Waals surface area contributed by atoms with Crippen molar-refractivity contribution in [3.05, 3.63) is 28.3 Å². The zero-order valence-electron chi connectivity index (χ0n) is 9.92. The Morgan fingerprint density at radius 1 is 1.56 bits per heavy atom. The van der Waals surface area contributed by atoms with E-state index in [2.05, 4.69) is 5.32 Å². The first kappa shape index (κ1) is 12.2. The van der Waals surface area contributed by atoms with Gasteiger partial charge < -0.3 is 16.0 Å². The number of amides is 1. The maximum Gasteiger partial charge on any atom is 0.292 e. The third-order valence-corrected chi connectivity index (χ3v) is 2.99. The van der Waals surface area contributed by atoms with E-state index < -0.39 is 4.92 Å². The Labute approximate surface area is 104 Å². The second-order valence-electron chi connectivity index (χ2n) is 4.28. The second-order valence-corrected chi connectivity index (χ2v) is 4.28. The lowest BCUT2D eigenvalue weighted by molar-refractivity contribution is -0.383. The van der Waals surface area contributed by atoms with Crippen LogP contribution in [0.1, 0.15) is 6.42 Å². The van der Waals surface area contributed by atoms with E-state index in [1.165, 1.54) is 12.1 Å². The number of nitrogen functional groups attached to an aromatic ring is 1. The largest absolute Gasteiger partial charge is 0.393 e. The number of nitrogens with two attached hydrogens (primary N) is 1. The molecule has 0 radical (unpaired) electrons. The summed E-state index contributed by atoms with van der Waals surface area (Å²) in [6, 6.07) is 4.08. The summed E-state index contributed by atoms with van der Waals surface area (Å²) in [5.74, 6) is 0.0203. The molecule has 0 saturated carbocycles. The van der Waals surface area contributed by atoms with Crippen LogP contribution in [0.2, 0.25) is 0 Å². The number of likely N-dealkylation sites (N-methyl/N-ethyl adjacent to an activating group) is 1. The molecule has 1 aromatic rings. The van der Waals surface area contributed by atoms with Crippen LogP contribution in [0.4, 0.5) is 17.1 Å². The summed E-state index contributed by atoms with van der Waals surface area (Å²) in [7, 11) is 1.74. The van der Waals surface area contributed by atoms with Gasteiger partial charge in [-0.15, -0.1) is 0 Å². The average molecular weight is 250 g/mol. The predicted octanol–water partition coefficient (Wildman–Crippen LogP) is 0.820. The van der Waals surface area contributed by atoms with E-state index in [-0.39, 0.29) is 23.3 Å². The number of hydrogen-bond donors (Lipinski definition) is 2. The predicted molar refractivity (Wildman–Crippen MR) is 67.2 cm³/mol. The van der Waals surface area contributed by atoms with Gasteiger partial charge in [0.2, 0.25) is 5.91 Å². The number of benzene rings is 1. The molecule has 0 aliphatic carbocycles. The van der Waals surface area contributed by atoms with Crippen molar-refractivity contribution in [2.75, 3.05) is 24.6 Å². The fourth-order valence-electron chi connectivity index (χ4n) is 1.97. The van der Waals surface area contributed by atoms with Gasteiger partial charge in [-0.1, -0.05) is 0 Å². The van der Waals surface area contributed by atoms with Gasteiger partial charge in [0.1, 0.15) is 11.7 Å². The smallest absolute Gasteiger partial charge is 0.292 e. The summed E-state index contributed by atoms with van der Waals surface area (Å²) in [5.41, 5.74) is 6.16. The van der Waals surface area contributed by atoms with Crippen molar-refractivity contribution < 1.29 is 9.72 Å². The number of carbonyl (C=O) groups is 1. The molecular weight excluding hydrogens is 236 g/mol. The third-order valence-electron chi connectivity index (χ3n) is 2.99. The Balaban J connectivity index is 2.14. The number of nitro groups is 1. The molecule has 1 heterocycles. The lowest BCUT2D eigenvalue weighted by Crippen LogP contribution is -2.30. The number of carbonyl (C=O) groups excluding carboxylic acids is 1. The van der Waals surface area contributed by atoms with Crippen molar-refractivity contribution in [3.63, 3.8) is 0 Å². The van der Waals surface area contributed by atoms with Gasteiger partial charge in [-0.3, -0.25) is 14.9 Å². The molecule has 0 bridgehead atoms. The van der Waals surface area contributed by atoms with Gasteiger partial charge in [-0.2, -0.15) is 0 Å². The van der Waals surface area contributed by atoms with Gasteiger partial charge in [-0.25, -0.2) is 0 Å². The molecule has 3 N–H and O–H groups in total. The van der Waals surface area contributed by atoms with Crippen LogP contribution in [-0.4, -0.2) is 35.4 Å². The molecule has 18 heavy (non-hydrogen) atoms. The topological polar surface area (TPSA) is 102 Å². The first-order valence-corrected chi connectivity index (χ1v) is 5.54. The summed E-state index contributed by atoms with van der Waals surface area (Å²) in [4.78, 5) is 23.4. The van der Waals surface area contributed by atoms with Crippen LogP contribution in [0.3, 0.4) is 0 Å². The molecule has 1 aliphatic rings. The molecule has 1 aliphatic heterocycles. The van der Waals surface area contributed by atoms with Crippen molar-refractivity contribution in [3.8, 4) is 0 Å². The summed E-state index contributed by atoms with van der Waals surface area (Å²) in [6.45, 7) is 0.707. The summed E-state index contributed by atoms with van der Waals surface area (Å²) in [5, 5.41) is 13.7. The first-order chi connectivity index (χ1) is 8.49. The van der Waals surface area contributed by atoms with E-state index in [0.29, 0.717) is 18.7 Å². The van der Waals surface area contributed by atoms with Crippen molar-refractivity contribution in [1.29, 1.82) is 0 Å². The molecule has 7 heteroatoms. The van der Waals surface area contributed by atoms with Gasteiger partial charge >= 0.3 is 0 Å². The average Bonchev–Trinajstić information content (AvgIpc) is 2.61.